The summed E-state index contributed by atoms with van der Waals surface area (Å²) in [6, 6.07) is 11.6. The molecule has 42 heavy (non-hydrogen) atoms. The van der Waals surface area contributed by atoms with Crippen molar-refractivity contribution in [3.05, 3.63) is 64.9 Å². The first-order valence-electron chi connectivity index (χ1n) is 14.1. The van der Waals surface area contributed by atoms with Crippen molar-refractivity contribution in [1.82, 2.24) is 14.5 Å². The maximum Gasteiger partial charge on any atom is 0.249 e. The highest BCUT2D eigenvalue weighted by atomic mass is 35.5. The number of rotatable bonds is 9. The summed E-state index contributed by atoms with van der Waals surface area (Å²) in [6.07, 6.45) is -0.266. The monoisotopic (exact) mass is 622 g/mol. The summed E-state index contributed by atoms with van der Waals surface area (Å²) in [5.41, 5.74) is -1.26. The van der Waals surface area contributed by atoms with Crippen LogP contribution in [0.2, 0.25) is 5.02 Å². The lowest BCUT2D eigenvalue weighted by Crippen LogP contribution is -2.78. The van der Waals surface area contributed by atoms with Crippen LogP contribution >= 0.6 is 11.6 Å². The molecular weight excluding hydrogens is 589 g/mol. The first-order chi connectivity index (χ1) is 19.7. The molecule has 4 aliphatic carbocycles. The Balaban J connectivity index is 1.22. The molecule has 0 spiro atoms. The highest BCUT2D eigenvalue weighted by molar-refractivity contribution is 7.89. The zero-order chi connectivity index (χ0) is 30.2. The molecule has 4 fully saturated rings. The van der Waals surface area contributed by atoms with Gasteiger partial charge in [0.15, 0.2) is 6.04 Å². The van der Waals surface area contributed by atoms with Gasteiger partial charge in [0, 0.05) is 36.5 Å². The van der Waals surface area contributed by atoms with E-state index >= 15 is 0 Å². The Hall–Kier alpha value is -2.63. The molecule has 1 heterocycles. The molecule has 1 atom stereocenters. The molecule has 226 valence electrons. The number of amides is 1. The molecule has 1 amide bonds. The number of sulfonamides is 1. The second-order valence-electron chi connectivity index (χ2n) is 13.0. The van der Waals surface area contributed by atoms with Gasteiger partial charge in [-0.1, -0.05) is 35.9 Å². The van der Waals surface area contributed by atoms with E-state index in [1.165, 1.54) is 16.4 Å². The van der Waals surface area contributed by atoms with E-state index in [9.17, 15) is 26.4 Å². The summed E-state index contributed by atoms with van der Waals surface area (Å²) >= 11 is 5.87. The molecule has 1 N–H and O–H groups in total. The number of nitrogens with zero attached hydrogens (tertiary/aromatic N) is 3. The van der Waals surface area contributed by atoms with Crippen molar-refractivity contribution in [2.45, 2.75) is 87.0 Å². The summed E-state index contributed by atoms with van der Waals surface area (Å²) in [5, 5.41) is 3.41. The van der Waals surface area contributed by atoms with Crippen molar-refractivity contribution in [3.8, 4) is 0 Å². The van der Waals surface area contributed by atoms with Gasteiger partial charge in [-0.05, 0) is 75.8 Å². The number of aliphatic imine (C=N–C) groups is 1. The Kier molecular flexibility index (Phi) is 6.98. The maximum atomic E-state index is 14.3. The SMILES string of the molecule is CN(C(=O)[C@@H]1N=C(C23CC(N(Cc4ccc(Cl)c(F)c4)S(=O)(=O)c4ccccc4)(C2)C3)NC1(C)C)C1CC(C(F)F)C1. The number of carbonyl (C=O) groups excluding carboxylic acids is 1. The van der Waals surface area contributed by atoms with Gasteiger partial charge in [0.05, 0.1) is 15.5 Å². The average molecular weight is 623 g/mol. The van der Waals surface area contributed by atoms with Crippen LogP contribution in [0.3, 0.4) is 0 Å². The molecule has 7 rings (SSSR count). The fraction of sp³-hybridized carbons (Fsp3) is 0.533. The third kappa shape index (κ3) is 4.63. The number of carbonyl (C=O) groups is 1. The molecule has 2 aromatic carbocycles. The number of benzene rings is 2. The van der Waals surface area contributed by atoms with Crippen LogP contribution in [-0.2, 0) is 21.4 Å². The highest BCUT2D eigenvalue weighted by Crippen LogP contribution is 2.71. The summed E-state index contributed by atoms with van der Waals surface area (Å²) in [6.45, 7) is 3.77. The molecule has 4 saturated carbocycles. The molecule has 12 heteroatoms. The number of likely N-dealkylation sites (N-methyl/N-ethyl adjacent to an activating group) is 1. The van der Waals surface area contributed by atoms with E-state index < -0.39 is 50.7 Å². The molecule has 2 aromatic rings. The smallest absolute Gasteiger partial charge is 0.249 e. The Morgan fingerprint density at radius 1 is 1.12 bits per heavy atom. The molecule has 0 aromatic heterocycles. The lowest BCUT2D eigenvalue weighted by atomic mass is 9.38. The lowest BCUT2D eigenvalue weighted by Gasteiger charge is -2.73. The van der Waals surface area contributed by atoms with Crippen LogP contribution in [-0.4, -0.2) is 66.0 Å². The molecule has 1 aliphatic heterocycles. The molecule has 0 radical (unpaired) electrons. The van der Waals surface area contributed by atoms with Gasteiger partial charge in [0.1, 0.15) is 11.7 Å². The lowest BCUT2D eigenvalue weighted by molar-refractivity contribution is -0.151. The van der Waals surface area contributed by atoms with Crippen LogP contribution in [0.25, 0.3) is 0 Å². The number of alkyl halides is 2. The van der Waals surface area contributed by atoms with Crippen LogP contribution in [0, 0.1) is 17.2 Å². The Labute approximate surface area is 249 Å². The third-order valence-electron chi connectivity index (χ3n) is 9.69. The van der Waals surface area contributed by atoms with E-state index in [0.29, 0.717) is 30.7 Å². The van der Waals surface area contributed by atoms with Crippen LogP contribution in [0.1, 0.15) is 51.5 Å². The van der Waals surface area contributed by atoms with Crippen molar-refractivity contribution in [1.29, 1.82) is 0 Å². The van der Waals surface area contributed by atoms with Gasteiger partial charge in [-0.15, -0.1) is 0 Å². The number of amidine groups is 1. The first-order valence-corrected chi connectivity index (χ1v) is 15.9. The zero-order valence-corrected chi connectivity index (χ0v) is 25.2. The van der Waals surface area contributed by atoms with Crippen molar-refractivity contribution in [2.24, 2.45) is 16.3 Å². The van der Waals surface area contributed by atoms with Crippen molar-refractivity contribution >= 4 is 33.4 Å². The fourth-order valence-electron chi connectivity index (χ4n) is 7.14. The Bertz CT molecular complexity index is 1530. The summed E-state index contributed by atoms with van der Waals surface area (Å²) in [5.74, 6) is -0.802. The largest absolute Gasteiger partial charge is 0.366 e. The molecule has 0 unspecified atom stereocenters. The second-order valence-corrected chi connectivity index (χ2v) is 15.3. The van der Waals surface area contributed by atoms with Crippen LogP contribution in [0.4, 0.5) is 13.2 Å². The van der Waals surface area contributed by atoms with Crippen molar-refractivity contribution in [3.63, 3.8) is 0 Å². The molecule has 7 nitrogen and oxygen atoms in total. The van der Waals surface area contributed by atoms with Gasteiger partial charge < -0.3 is 10.2 Å². The first kappa shape index (κ1) is 29.4. The number of hydrogen-bond donors (Lipinski definition) is 1. The van der Waals surface area contributed by atoms with Crippen LogP contribution in [0.15, 0.2) is 58.4 Å². The number of hydrogen-bond acceptors (Lipinski definition) is 5. The average Bonchev–Trinajstić information content (AvgIpc) is 3.17. The van der Waals surface area contributed by atoms with Gasteiger partial charge in [-0.3, -0.25) is 9.79 Å². The highest BCUT2D eigenvalue weighted by Gasteiger charge is 2.75. The predicted molar refractivity (Wildman–Crippen MR) is 153 cm³/mol. The quantitative estimate of drug-likeness (QED) is 0.415. The third-order valence-corrected chi connectivity index (χ3v) is 12.0. The van der Waals surface area contributed by atoms with Gasteiger partial charge in [-0.2, -0.15) is 4.31 Å². The van der Waals surface area contributed by atoms with E-state index in [4.69, 9.17) is 16.6 Å². The van der Waals surface area contributed by atoms with Gasteiger partial charge >= 0.3 is 0 Å². The van der Waals surface area contributed by atoms with Crippen molar-refractivity contribution in [2.75, 3.05) is 7.05 Å². The Morgan fingerprint density at radius 2 is 1.76 bits per heavy atom. The van der Waals surface area contributed by atoms with Crippen molar-refractivity contribution < 1.29 is 26.4 Å². The number of halogens is 4. The van der Waals surface area contributed by atoms with Gasteiger partial charge in [0.25, 0.3) is 0 Å². The molecule has 0 saturated heterocycles. The van der Waals surface area contributed by atoms with E-state index in [2.05, 4.69) is 5.32 Å². The minimum absolute atomic E-state index is 0.0142. The van der Waals surface area contributed by atoms with E-state index in [-0.39, 0.29) is 41.3 Å². The van der Waals surface area contributed by atoms with E-state index in [1.807, 2.05) is 13.8 Å². The van der Waals surface area contributed by atoms with Gasteiger partial charge in [-0.25, -0.2) is 21.6 Å². The van der Waals surface area contributed by atoms with Gasteiger partial charge in [0.2, 0.25) is 22.4 Å². The normalized spacial score (nSPS) is 31.1. The summed E-state index contributed by atoms with van der Waals surface area (Å²) in [4.78, 5) is 20.0. The van der Waals surface area contributed by atoms with Crippen LogP contribution in [0.5, 0.6) is 0 Å². The summed E-state index contributed by atoms with van der Waals surface area (Å²) in [7, 11) is -2.27. The van der Waals surface area contributed by atoms with Crippen LogP contribution < -0.4 is 5.32 Å². The number of nitrogens with one attached hydrogen (secondary N) is 1. The van der Waals surface area contributed by atoms with E-state index in [0.717, 1.165) is 0 Å². The molecular formula is C30H34ClF3N4O3S. The fourth-order valence-corrected chi connectivity index (χ4v) is 9.03. The minimum Gasteiger partial charge on any atom is -0.366 e. The molecule has 2 bridgehead atoms. The maximum absolute atomic E-state index is 14.3. The summed E-state index contributed by atoms with van der Waals surface area (Å²) < 4.78 is 69.6. The zero-order valence-electron chi connectivity index (χ0n) is 23.7. The van der Waals surface area contributed by atoms with E-state index in [1.54, 1.807) is 48.3 Å². The topological polar surface area (TPSA) is 82.1 Å². The predicted octanol–water partition coefficient (Wildman–Crippen LogP) is 5.24. The standard InChI is InChI=1S/C30H34ClF3N4O3S/c1-28(2)24(26(39)37(3)20-12-19(13-20)25(33)34)35-27(36-28)29-15-30(16-29,17-29)38(14-18-9-10-22(31)23(32)11-18)42(40,41)21-7-5-4-6-8-21/h4-11,19-20,24-25H,12-17H2,1-3H3,(H,35,36)/t19?,20?,24-,29?,30?/m0/s1. The minimum atomic E-state index is -3.92. The molecule has 5 aliphatic rings. The second kappa shape index (κ2) is 9.95. The Morgan fingerprint density at radius 3 is 2.36 bits per heavy atom.